The van der Waals surface area contributed by atoms with E-state index in [0.29, 0.717) is 11.8 Å². The predicted molar refractivity (Wildman–Crippen MR) is 233 cm³/mol. The van der Waals surface area contributed by atoms with Crippen LogP contribution in [0.4, 0.5) is 28.4 Å². The molecule has 9 rings (SSSR count). The molecular weight excluding hydrogens is 653 g/mol. The molecule has 0 bridgehead atoms. The fraction of sp³-hybridized carbons (Fsp3) is 0.154. The average Bonchev–Trinajstić information content (AvgIpc) is 3.43. The van der Waals surface area contributed by atoms with Crippen molar-refractivity contribution >= 4 is 56.1 Å². The first kappa shape index (κ1) is 33.7. The number of allylic oxidation sites excluding steroid dienone is 2. The van der Waals surface area contributed by atoms with Crippen LogP contribution < -0.4 is 9.80 Å². The molecule has 0 spiro atoms. The molecule has 54 heavy (non-hydrogen) atoms. The Morgan fingerprint density at radius 1 is 0.593 bits per heavy atom. The highest BCUT2D eigenvalue weighted by molar-refractivity contribution is 6.00. The van der Waals surface area contributed by atoms with Crippen LogP contribution in [0.15, 0.2) is 177 Å². The Labute approximate surface area is 320 Å². The molecule has 264 valence electrons. The van der Waals surface area contributed by atoms with Crippen molar-refractivity contribution in [1.29, 1.82) is 0 Å². The smallest absolute Gasteiger partial charge is 0.0540 e. The summed E-state index contributed by atoms with van der Waals surface area (Å²) in [5, 5.41) is 4.98. The number of benzene rings is 7. The fourth-order valence-corrected chi connectivity index (χ4v) is 9.09. The summed E-state index contributed by atoms with van der Waals surface area (Å²) in [6.07, 6.45) is 9.83. The molecular formula is C52H46N2. The Kier molecular flexibility index (Phi) is 8.35. The maximum atomic E-state index is 4.14. The van der Waals surface area contributed by atoms with Crippen LogP contribution in [-0.2, 0) is 5.41 Å². The minimum Gasteiger partial charge on any atom is -0.334 e. The standard InChI is InChI=1S/C52H46N2/c1-6-36-22-25-40(26-23-36)53(50-20-12-16-38-14-8-10-18-44(38)50)42-28-30-46-47-31-29-43(34-49(47)52(4,5)48(46)33-42)54(41-27-24-37(7-2)35(3)32-41)51-21-13-17-39-15-9-11-19-45(39)51/h6-31,33-35,37,41H,1-2,32H2,3-5H3/t35?,37-,41?/m0/s1. The van der Waals surface area contributed by atoms with E-state index in [-0.39, 0.29) is 11.5 Å². The van der Waals surface area contributed by atoms with E-state index in [1.54, 1.807) is 0 Å². The van der Waals surface area contributed by atoms with Gasteiger partial charge in [0.15, 0.2) is 0 Å². The van der Waals surface area contributed by atoms with E-state index in [0.717, 1.165) is 29.0 Å². The molecule has 0 radical (unpaired) electrons. The maximum Gasteiger partial charge on any atom is 0.0540 e. The van der Waals surface area contributed by atoms with Crippen molar-refractivity contribution in [2.75, 3.05) is 9.80 Å². The molecule has 2 heteroatoms. The van der Waals surface area contributed by atoms with E-state index in [1.807, 2.05) is 6.08 Å². The van der Waals surface area contributed by atoms with Crippen molar-refractivity contribution in [2.24, 2.45) is 11.8 Å². The van der Waals surface area contributed by atoms with Crippen LogP contribution in [0.1, 0.15) is 43.9 Å². The number of rotatable bonds is 8. The number of fused-ring (bicyclic) bond motifs is 5. The summed E-state index contributed by atoms with van der Waals surface area (Å²) >= 11 is 0. The SMILES string of the molecule is C=Cc1ccc(N(c2ccc3c(c2)C(C)(C)c2cc(N(c4cccc5ccccc45)C4C=C[C@H](C=C)C(C)C4)ccc2-3)c2cccc3ccccc23)cc1. The lowest BCUT2D eigenvalue weighted by atomic mass is 9.81. The van der Waals surface area contributed by atoms with Crippen molar-refractivity contribution in [2.45, 2.75) is 38.6 Å². The lowest BCUT2D eigenvalue weighted by Crippen LogP contribution is -2.35. The second-order valence-corrected chi connectivity index (χ2v) is 15.6. The lowest BCUT2D eigenvalue weighted by Gasteiger charge is -2.38. The van der Waals surface area contributed by atoms with E-state index < -0.39 is 0 Å². The van der Waals surface area contributed by atoms with E-state index in [4.69, 9.17) is 0 Å². The van der Waals surface area contributed by atoms with E-state index in [1.165, 1.54) is 55.2 Å². The van der Waals surface area contributed by atoms with Gasteiger partial charge in [0.2, 0.25) is 0 Å². The van der Waals surface area contributed by atoms with Crippen LogP contribution in [0.25, 0.3) is 38.7 Å². The predicted octanol–water partition coefficient (Wildman–Crippen LogP) is 14.3. The van der Waals surface area contributed by atoms with Crippen LogP contribution >= 0.6 is 0 Å². The van der Waals surface area contributed by atoms with Gasteiger partial charge in [0.25, 0.3) is 0 Å². The van der Waals surface area contributed by atoms with Crippen LogP contribution in [0.2, 0.25) is 0 Å². The summed E-state index contributed by atoms with van der Waals surface area (Å²) in [5.74, 6) is 0.896. The normalized spacial score (nSPS) is 18.2. The van der Waals surface area contributed by atoms with Crippen molar-refractivity contribution in [3.05, 3.63) is 194 Å². The Morgan fingerprint density at radius 3 is 1.78 bits per heavy atom. The first-order chi connectivity index (χ1) is 26.4. The van der Waals surface area contributed by atoms with Gasteiger partial charge in [-0.15, -0.1) is 6.58 Å². The second-order valence-electron chi connectivity index (χ2n) is 15.6. The van der Waals surface area contributed by atoms with Gasteiger partial charge in [-0.1, -0.05) is 149 Å². The highest BCUT2D eigenvalue weighted by atomic mass is 15.2. The molecule has 0 aromatic heterocycles. The molecule has 0 N–H and O–H groups in total. The molecule has 0 saturated heterocycles. The molecule has 2 aliphatic carbocycles. The topological polar surface area (TPSA) is 6.48 Å². The molecule has 0 amide bonds. The average molecular weight is 699 g/mol. The molecule has 0 saturated carbocycles. The van der Waals surface area contributed by atoms with Crippen molar-refractivity contribution in [1.82, 2.24) is 0 Å². The van der Waals surface area contributed by atoms with Crippen molar-refractivity contribution < 1.29 is 0 Å². The molecule has 7 aromatic carbocycles. The molecule has 7 aromatic rings. The van der Waals surface area contributed by atoms with Crippen LogP contribution in [0.5, 0.6) is 0 Å². The van der Waals surface area contributed by atoms with E-state index in [2.05, 4.69) is 208 Å². The maximum absolute atomic E-state index is 4.14. The Hall–Kier alpha value is -6.12. The first-order valence-corrected chi connectivity index (χ1v) is 19.2. The van der Waals surface area contributed by atoms with Gasteiger partial charge < -0.3 is 9.80 Å². The first-order valence-electron chi connectivity index (χ1n) is 19.2. The molecule has 2 unspecified atom stereocenters. The summed E-state index contributed by atoms with van der Waals surface area (Å²) < 4.78 is 0. The highest BCUT2D eigenvalue weighted by Gasteiger charge is 2.37. The summed E-state index contributed by atoms with van der Waals surface area (Å²) in [4.78, 5) is 5.00. The zero-order valence-corrected chi connectivity index (χ0v) is 31.4. The Balaban J connectivity index is 1.17. The fourth-order valence-electron chi connectivity index (χ4n) is 9.09. The number of hydrogen-bond donors (Lipinski definition) is 0. The minimum absolute atomic E-state index is 0.220. The third kappa shape index (κ3) is 5.56. The van der Waals surface area contributed by atoms with Crippen molar-refractivity contribution in [3.63, 3.8) is 0 Å². The zero-order valence-electron chi connectivity index (χ0n) is 31.4. The molecule has 0 aliphatic heterocycles. The molecule has 2 aliphatic rings. The molecule has 3 atom stereocenters. The number of anilines is 5. The molecule has 0 fully saturated rings. The van der Waals surface area contributed by atoms with E-state index >= 15 is 0 Å². The summed E-state index contributed by atoms with van der Waals surface area (Å²) in [5.41, 5.74) is 12.1. The van der Waals surface area contributed by atoms with Gasteiger partial charge in [-0.05, 0) is 105 Å². The van der Waals surface area contributed by atoms with Gasteiger partial charge in [0.05, 0.1) is 11.7 Å². The summed E-state index contributed by atoms with van der Waals surface area (Å²) in [6, 6.07) is 54.0. The third-order valence-corrected chi connectivity index (χ3v) is 12.0. The van der Waals surface area contributed by atoms with Gasteiger partial charge >= 0.3 is 0 Å². The Bertz CT molecular complexity index is 2580. The van der Waals surface area contributed by atoms with E-state index in [9.17, 15) is 0 Å². The third-order valence-electron chi connectivity index (χ3n) is 12.0. The summed E-state index contributed by atoms with van der Waals surface area (Å²) in [7, 11) is 0. The monoisotopic (exact) mass is 698 g/mol. The molecule has 0 heterocycles. The minimum atomic E-state index is -0.220. The number of nitrogens with zero attached hydrogens (tertiary/aromatic N) is 2. The van der Waals surface area contributed by atoms with Crippen molar-refractivity contribution in [3.8, 4) is 11.1 Å². The van der Waals surface area contributed by atoms with Gasteiger partial charge in [-0.3, -0.25) is 0 Å². The van der Waals surface area contributed by atoms with Crippen LogP contribution in [-0.4, -0.2) is 6.04 Å². The largest absolute Gasteiger partial charge is 0.334 e. The van der Waals surface area contributed by atoms with Crippen LogP contribution in [0.3, 0.4) is 0 Å². The lowest BCUT2D eigenvalue weighted by molar-refractivity contribution is 0.417. The van der Waals surface area contributed by atoms with Gasteiger partial charge in [0, 0.05) is 38.9 Å². The van der Waals surface area contributed by atoms with Crippen LogP contribution in [0, 0.1) is 11.8 Å². The van der Waals surface area contributed by atoms with Gasteiger partial charge in [-0.2, -0.15) is 0 Å². The summed E-state index contributed by atoms with van der Waals surface area (Å²) in [6.45, 7) is 15.3. The van der Waals surface area contributed by atoms with Gasteiger partial charge in [0.1, 0.15) is 0 Å². The van der Waals surface area contributed by atoms with Gasteiger partial charge in [-0.25, -0.2) is 0 Å². The Morgan fingerprint density at radius 2 is 1.15 bits per heavy atom. The zero-order chi connectivity index (χ0) is 37.0. The number of hydrogen-bond acceptors (Lipinski definition) is 2. The highest BCUT2D eigenvalue weighted by Crippen LogP contribution is 2.53. The second kappa shape index (κ2) is 13.4. The quantitative estimate of drug-likeness (QED) is 0.146. The molecule has 2 nitrogen and oxygen atoms in total.